The lowest BCUT2D eigenvalue weighted by molar-refractivity contribution is 0.0951. The molecule has 0 aliphatic rings. The number of carbonyl (C=O) groups is 1. The van der Waals surface area contributed by atoms with E-state index in [-0.39, 0.29) is 11.7 Å². The molecule has 0 bridgehead atoms. The van der Waals surface area contributed by atoms with Crippen LogP contribution in [0.3, 0.4) is 0 Å². The van der Waals surface area contributed by atoms with Gasteiger partial charge >= 0.3 is 0 Å². The van der Waals surface area contributed by atoms with Crippen LogP contribution in [0.25, 0.3) is 0 Å². The topological polar surface area (TPSA) is 81.1 Å². The van der Waals surface area contributed by atoms with Crippen molar-refractivity contribution < 1.29 is 13.2 Å². The van der Waals surface area contributed by atoms with Crippen LogP contribution in [0.1, 0.15) is 27.0 Å². The van der Waals surface area contributed by atoms with E-state index in [0.717, 1.165) is 17.7 Å². The molecule has 3 rings (SSSR count). The maximum Gasteiger partial charge on any atom is 0.251 e. The molecular weight excluding hydrogens is 362 g/mol. The average Bonchev–Trinajstić information content (AvgIpc) is 3.13. The van der Waals surface area contributed by atoms with Crippen molar-refractivity contribution in [1.29, 1.82) is 0 Å². The molecule has 0 fully saturated rings. The van der Waals surface area contributed by atoms with Gasteiger partial charge in [-0.15, -0.1) is 0 Å². The van der Waals surface area contributed by atoms with Crippen molar-refractivity contribution in [3.63, 3.8) is 0 Å². The van der Waals surface area contributed by atoms with Crippen LogP contribution >= 0.6 is 0 Å². The van der Waals surface area contributed by atoms with E-state index in [9.17, 15) is 13.2 Å². The molecule has 140 valence electrons. The summed E-state index contributed by atoms with van der Waals surface area (Å²) in [6.07, 6.45) is 6.60. The Hall–Kier alpha value is -2.93. The van der Waals surface area contributed by atoms with Crippen molar-refractivity contribution in [2.75, 3.05) is 6.26 Å². The zero-order chi connectivity index (χ0) is 19.3. The van der Waals surface area contributed by atoms with E-state index < -0.39 is 9.84 Å². The van der Waals surface area contributed by atoms with Gasteiger partial charge in [0, 0.05) is 37.3 Å². The zero-order valence-electron chi connectivity index (χ0n) is 15.0. The highest BCUT2D eigenvalue weighted by atomic mass is 32.2. The summed E-state index contributed by atoms with van der Waals surface area (Å²) in [6.45, 7) is 1.15. The largest absolute Gasteiger partial charge is 0.348 e. The highest BCUT2D eigenvalue weighted by Gasteiger charge is 2.09. The van der Waals surface area contributed by atoms with Crippen molar-refractivity contribution >= 4 is 15.7 Å². The molecule has 0 unspecified atom stereocenters. The quantitative estimate of drug-likeness (QED) is 0.679. The molecule has 0 radical (unpaired) electrons. The first kappa shape index (κ1) is 18.8. The van der Waals surface area contributed by atoms with Gasteiger partial charge in [0.15, 0.2) is 9.84 Å². The van der Waals surface area contributed by atoms with Crippen molar-refractivity contribution in [1.82, 2.24) is 14.9 Å². The summed E-state index contributed by atoms with van der Waals surface area (Å²) in [5.41, 5.74) is 3.20. The van der Waals surface area contributed by atoms with Gasteiger partial charge in [-0.1, -0.05) is 36.4 Å². The number of hydrogen-bond acceptors (Lipinski definition) is 4. The van der Waals surface area contributed by atoms with Gasteiger partial charge in [0.1, 0.15) is 0 Å². The van der Waals surface area contributed by atoms with Gasteiger partial charge < -0.3 is 9.88 Å². The van der Waals surface area contributed by atoms with Crippen molar-refractivity contribution in [3.05, 3.63) is 89.5 Å². The van der Waals surface area contributed by atoms with Crippen LogP contribution in [-0.4, -0.2) is 30.1 Å². The molecule has 0 saturated carbocycles. The Morgan fingerprint density at radius 1 is 1.07 bits per heavy atom. The SMILES string of the molecule is CS(=O)(=O)Cc1cccc(C(=O)NCc2ccc(Cn3ccnc3)cc2)c1. The molecule has 0 aliphatic carbocycles. The van der Waals surface area contributed by atoms with E-state index in [1.54, 1.807) is 36.8 Å². The number of sulfone groups is 1. The van der Waals surface area contributed by atoms with E-state index >= 15 is 0 Å². The zero-order valence-corrected chi connectivity index (χ0v) is 15.8. The number of imidazole rings is 1. The van der Waals surface area contributed by atoms with Crippen molar-refractivity contribution in [2.24, 2.45) is 0 Å². The summed E-state index contributed by atoms with van der Waals surface area (Å²) in [6, 6.07) is 14.7. The molecular formula is C20H21N3O3S. The van der Waals surface area contributed by atoms with Crippen LogP contribution in [0.15, 0.2) is 67.3 Å². The predicted molar refractivity (Wildman–Crippen MR) is 104 cm³/mol. The molecule has 6 nitrogen and oxygen atoms in total. The molecule has 1 heterocycles. The Morgan fingerprint density at radius 2 is 1.81 bits per heavy atom. The molecule has 7 heteroatoms. The Kier molecular flexibility index (Phi) is 5.71. The summed E-state index contributed by atoms with van der Waals surface area (Å²) < 4.78 is 24.8. The molecule has 0 aliphatic heterocycles. The number of rotatable bonds is 7. The first-order chi connectivity index (χ1) is 12.9. The molecule has 0 saturated heterocycles. The van der Waals surface area contributed by atoms with Crippen molar-refractivity contribution in [2.45, 2.75) is 18.8 Å². The van der Waals surface area contributed by atoms with E-state index in [1.807, 2.05) is 35.0 Å². The van der Waals surface area contributed by atoms with Crippen LogP contribution in [0.2, 0.25) is 0 Å². The third-order valence-electron chi connectivity index (χ3n) is 4.02. The molecule has 1 aromatic heterocycles. The van der Waals surface area contributed by atoms with Gasteiger partial charge in [-0.3, -0.25) is 4.79 Å². The normalized spacial score (nSPS) is 11.3. The van der Waals surface area contributed by atoms with Gasteiger partial charge in [0.25, 0.3) is 5.91 Å². The minimum absolute atomic E-state index is 0.0769. The molecule has 0 atom stereocenters. The third-order valence-corrected chi connectivity index (χ3v) is 4.88. The van der Waals surface area contributed by atoms with Crippen molar-refractivity contribution in [3.8, 4) is 0 Å². The van der Waals surface area contributed by atoms with Crippen LogP contribution in [-0.2, 0) is 28.7 Å². The summed E-state index contributed by atoms with van der Waals surface area (Å²) in [7, 11) is -3.14. The number of nitrogens with one attached hydrogen (secondary N) is 1. The lowest BCUT2D eigenvalue weighted by Crippen LogP contribution is -2.23. The summed E-state index contributed by atoms with van der Waals surface area (Å²) in [4.78, 5) is 16.4. The van der Waals surface area contributed by atoms with Crippen LogP contribution in [0, 0.1) is 0 Å². The molecule has 0 spiro atoms. The predicted octanol–water partition coefficient (Wildman–Crippen LogP) is 2.41. The van der Waals surface area contributed by atoms with Crippen LogP contribution in [0.4, 0.5) is 0 Å². The second kappa shape index (κ2) is 8.18. The summed E-state index contributed by atoms with van der Waals surface area (Å²) >= 11 is 0. The molecule has 2 aromatic carbocycles. The lowest BCUT2D eigenvalue weighted by Gasteiger charge is -2.08. The minimum atomic E-state index is -3.14. The minimum Gasteiger partial charge on any atom is -0.348 e. The standard InChI is InChI=1S/C20H21N3O3S/c1-27(25,26)14-18-3-2-4-19(11-18)20(24)22-12-16-5-7-17(8-6-16)13-23-10-9-21-15-23/h2-11,15H,12-14H2,1H3,(H,22,24). The fraction of sp³-hybridized carbons (Fsp3) is 0.200. The van der Waals surface area contributed by atoms with E-state index in [1.165, 1.54) is 6.26 Å². The first-order valence-corrected chi connectivity index (χ1v) is 10.5. The number of carbonyl (C=O) groups excluding carboxylic acids is 1. The van der Waals surface area contributed by atoms with Crippen LogP contribution in [0.5, 0.6) is 0 Å². The highest BCUT2D eigenvalue weighted by Crippen LogP contribution is 2.10. The maximum atomic E-state index is 12.3. The number of hydrogen-bond donors (Lipinski definition) is 1. The van der Waals surface area contributed by atoms with Gasteiger partial charge in [-0.2, -0.15) is 0 Å². The number of amides is 1. The van der Waals surface area contributed by atoms with Crippen LogP contribution < -0.4 is 5.32 Å². The Morgan fingerprint density at radius 3 is 2.48 bits per heavy atom. The number of nitrogens with zero attached hydrogens (tertiary/aromatic N) is 2. The third kappa shape index (κ3) is 5.79. The van der Waals surface area contributed by atoms with Gasteiger partial charge in [0.2, 0.25) is 0 Å². The van der Waals surface area contributed by atoms with Gasteiger partial charge in [-0.05, 0) is 28.8 Å². The smallest absolute Gasteiger partial charge is 0.251 e. The molecule has 3 aromatic rings. The Labute approximate surface area is 158 Å². The van der Waals surface area contributed by atoms with E-state index in [2.05, 4.69) is 10.3 Å². The van der Waals surface area contributed by atoms with E-state index in [4.69, 9.17) is 0 Å². The summed E-state index contributed by atoms with van der Waals surface area (Å²) in [5, 5.41) is 2.87. The average molecular weight is 383 g/mol. The molecule has 27 heavy (non-hydrogen) atoms. The van der Waals surface area contributed by atoms with E-state index in [0.29, 0.717) is 17.7 Å². The van der Waals surface area contributed by atoms with Gasteiger partial charge in [-0.25, -0.2) is 13.4 Å². The van der Waals surface area contributed by atoms with Gasteiger partial charge in [0.05, 0.1) is 12.1 Å². The number of benzene rings is 2. The molecule has 1 amide bonds. The first-order valence-electron chi connectivity index (χ1n) is 8.47. The second-order valence-electron chi connectivity index (χ2n) is 6.50. The maximum absolute atomic E-state index is 12.3. The lowest BCUT2D eigenvalue weighted by atomic mass is 10.1. The Bertz CT molecular complexity index is 1010. The molecule has 1 N–H and O–H groups in total. The number of aromatic nitrogens is 2. The monoisotopic (exact) mass is 383 g/mol. The Balaban J connectivity index is 1.58. The highest BCUT2D eigenvalue weighted by molar-refractivity contribution is 7.89. The fourth-order valence-corrected chi connectivity index (χ4v) is 3.53. The summed E-state index contributed by atoms with van der Waals surface area (Å²) in [5.74, 6) is -0.306. The second-order valence-corrected chi connectivity index (χ2v) is 8.64. The fourth-order valence-electron chi connectivity index (χ4n) is 2.74.